The zero-order valence-corrected chi connectivity index (χ0v) is 11.7. The maximum Gasteiger partial charge on any atom is 0.357 e. The van der Waals surface area contributed by atoms with Crippen LogP contribution in [0.3, 0.4) is 0 Å². The summed E-state index contributed by atoms with van der Waals surface area (Å²) in [6.07, 6.45) is 1.17. The lowest BCUT2D eigenvalue weighted by Crippen LogP contribution is -2.25. The third-order valence-electron chi connectivity index (χ3n) is 3.40. The normalized spacial score (nSPS) is 15.1. The van der Waals surface area contributed by atoms with Gasteiger partial charge >= 0.3 is 5.97 Å². The Balaban J connectivity index is 1.75. The van der Waals surface area contributed by atoms with Gasteiger partial charge < -0.3 is 14.3 Å². The van der Waals surface area contributed by atoms with Crippen LogP contribution < -0.4 is 4.74 Å². The topological polar surface area (TPSA) is 75.8 Å². The van der Waals surface area contributed by atoms with Crippen LogP contribution in [0.25, 0.3) is 0 Å². The fourth-order valence-electron chi connectivity index (χ4n) is 2.39. The zero-order valence-electron chi connectivity index (χ0n) is 11.7. The summed E-state index contributed by atoms with van der Waals surface area (Å²) in [6.45, 7) is 4.55. The summed E-state index contributed by atoms with van der Waals surface area (Å²) in [5, 5.41) is 8.85. The van der Waals surface area contributed by atoms with Crippen LogP contribution in [0, 0.1) is 6.92 Å². The first-order valence-corrected chi connectivity index (χ1v) is 6.74. The monoisotopic (exact) mass is 288 g/mol. The van der Waals surface area contributed by atoms with E-state index in [4.69, 9.17) is 14.3 Å². The lowest BCUT2D eigenvalue weighted by atomic mass is 10.1. The number of carboxylic acids is 1. The van der Waals surface area contributed by atoms with E-state index in [1.807, 2.05) is 19.1 Å². The van der Waals surface area contributed by atoms with Crippen molar-refractivity contribution in [3.8, 4) is 5.75 Å². The second-order valence-electron chi connectivity index (χ2n) is 5.10. The Hall–Kier alpha value is -2.34. The minimum atomic E-state index is -1.08. The van der Waals surface area contributed by atoms with Crippen molar-refractivity contribution >= 4 is 5.97 Å². The van der Waals surface area contributed by atoms with Gasteiger partial charge in [-0.15, -0.1) is 0 Å². The van der Waals surface area contributed by atoms with E-state index in [0.717, 1.165) is 24.4 Å². The Morgan fingerprint density at radius 2 is 2.33 bits per heavy atom. The van der Waals surface area contributed by atoms with E-state index in [9.17, 15) is 4.79 Å². The highest BCUT2D eigenvalue weighted by atomic mass is 16.5. The van der Waals surface area contributed by atoms with Gasteiger partial charge in [0.2, 0.25) is 5.89 Å². The molecule has 0 bridgehead atoms. The van der Waals surface area contributed by atoms with Crippen LogP contribution in [0.15, 0.2) is 28.9 Å². The summed E-state index contributed by atoms with van der Waals surface area (Å²) >= 11 is 0. The van der Waals surface area contributed by atoms with Crippen molar-refractivity contribution in [1.29, 1.82) is 0 Å². The molecule has 1 aliphatic rings. The molecule has 0 amide bonds. The lowest BCUT2D eigenvalue weighted by molar-refractivity contribution is 0.0690. The molecule has 1 aromatic carbocycles. The molecule has 6 nitrogen and oxygen atoms in total. The molecule has 6 heteroatoms. The standard InChI is InChI=1S/C15H16N2O4/c1-10-2-3-13-11(6-10)7-17(4-5-20-13)8-14-16-12(9-21-14)15(18)19/h2-3,6,9H,4-5,7-8H2,1H3,(H,18,19). The number of aromatic nitrogens is 1. The average molecular weight is 288 g/mol. The van der Waals surface area contributed by atoms with Gasteiger partial charge in [0.1, 0.15) is 18.6 Å². The van der Waals surface area contributed by atoms with Crippen molar-refractivity contribution < 1.29 is 19.1 Å². The minimum absolute atomic E-state index is 0.0627. The summed E-state index contributed by atoms with van der Waals surface area (Å²) in [5.41, 5.74) is 2.24. The average Bonchev–Trinajstić information content (AvgIpc) is 2.80. The number of carboxylic acid groups (broad SMARTS) is 1. The van der Waals surface area contributed by atoms with Gasteiger partial charge in [0.25, 0.3) is 0 Å². The minimum Gasteiger partial charge on any atom is -0.492 e. The molecule has 0 saturated carbocycles. The fraction of sp³-hybridized carbons (Fsp3) is 0.333. The Bertz CT molecular complexity index is 665. The van der Waals surface area contributed by atoms with E-state index in [-0.39, 0.29) is 5.69 Å². The number of aryl methyl sites for hydroxylation is 1. The molecule has 0 aliphatic carbocycles. The highest BCUT2D eigenvalue weighted by molar-refractivity contribution is 5.84. The lowest BCUT2D eigenvalue weighted by Gasteiger charge is -2.17. The molecule has 0 saturated heterocycles. The fourth-order valence-corrected chi connectivity index (χ4v) is 2.39. The first kappa shape index (κ1) is 13.6. The Morgan fingerprint density at radius 1 is 1.48 bits per heavy atom. The molecule has 0 radical (unpaired) electrons. The quantitative estimate of drug-likeness (QED) is 0.932. The van der Waals surface area contributed by atoms with Gasteiger partial charge in [-0.25, -0.2) is 9.78 Å². The number of rotatable bonds is 3. The molecule has 21 heavy (non-hydrogen) atoms. The maximum absolute atomic E-state index is 10.8. The van der Waals surface area contributed by atoms with E-state index in [1.165, 1.54) is 11.8 Å². The van der Waals surface area contributed by atoms with Gasteiger partial charge in [0.15, 0.2) is 5.69 Å². The molecular weight excluding hydrogens is 272 g/mol. The highest BCUT2D eigenvalue weighted by Gasteiger charge is 2.18. The molecule has 0 spiro atoms. The van der Waals surface area contributed by atoms with Gasteiger partial charge in [-0.2, -0.15) is 0 Å². The van der Waals surface area contributed by atoms with Crippen LogP contribution in [0.1, 0.15) is 27.5 Å². The van der Waals surface area contributed by atoms with Gasteiger partial charge in [-0.05, 0) is 13.0 Å². The number of nitrogens with zero attached hydrogens (tertiary/aromatic N) is 2. The molecule has 110 valence electrons. The number of carbonyl (C=O) groups is 1. The van der Waals surface area contributed by atoms with Crippen LogP contribution in [-0.2, 0) is 13.1 Å². The smallest absolute Gasteiger partial charge is 0.357 e. The summed E-state index contributed by atoms with van der Waals surface area (Å²) in [4.78, 5) is 16.9. The largest absolute Gasteiger partial charge is 0.492 e. The van der Waals surface area contributed by atoms with Crippen LogP contribution >= 0.6 is 0 Å². The van der Waals surface area contributed by atoms with Crippen LogP contribution in [0.5, 0.6) is 5.75 Å². The van der Waals surface area contributed by atoms with E-state index in [0.29, 0.717) is 19.0 Å². The SMILES string of the molecule is Cc1ccc2c(c1)CN(Cc1nc(C(=O)O)co1)CCO2. The first-order valence-electron chi connectivity index (χ1n) is 6.74. The molecule has 2 aromatic rings. The van der Waals surface area contributed by atoms with Gasteiger partial charge in [-0.3, -0.25) is 4.90 Å². The van der Waals surface area contributed by atoms with Crippen LogP contribution in [0.4, 0.5) is 0 Å². The third kappa shape index (κ3) is 3.05. The summed E-state index contributed by atoms with van der Waals surface area (Å²) in [6, 6.07) is 6.12. The molecule has 0 fully saturated rings. The zero-order chi connectivity index (χ0) is 14.8. The molecule has 0 atom stereocenters. The van der Waals surface area contributed by atoms with Crippen molar-refractivity contribution in [2.45, 2.75) is 20.0 Å². The predicted molar refractivity (Wildman–Crippen MR) is 74.3 cm³/mol. The van der Waals surface area contributed by atoms with E-state index < -0.39 is 5.97 Å². The molecular formula is C15H16N2O4. The van der Waals surface area contributed by atoms with Gasteiger partial charge in [0, 0.05) is 18.7 Å². The molecule has 1 N–H and O–H groups in total. The first-order chi connectivity index (χ1) is 10.1. The van der Waals surface area contributed by atoms with Crippen molar-refractivity contribution in [1.82, 2.24) is 9.88 Å². The highest BCUT2D eigenvalue weighted by Crippen LogP contribution is 2.24. The number of fused-ring (bicyclic) bond motifs is 1. The number of aromatic carboxylic acids is 1. The number of hydrogen-bond donors (Lipinski definition) is 1. The van der Waals surface area contributed by atoms with Crippen molar-refractivity contribution in [2.75, 3.05) is 13.2 Å². The molecule has 1 aliphatic heterocycles. The Kier molecular flexibility index (Phi) is 3.62. The molecule has 2 heterocycles. The maximum atomic E-state index is 10.8. The van der Waals surface area contributed by atoms with Crippen molar-refractivity contribution in [2.24, 2.45) is 0 Å². The number of ether oxygens (including phenoxy) is 1. The predicted octanol–water partition coefficient (Wildman–Crippen LogP) is 2.08. The molecule has 1 aromatic heterocycles. The molecule has 0 unspecified atom stereocenters. The van der Waals surface area contributed by atoms with E-state index in [2.05, 4.69) is 16.0 Å². The van der Waals surface area contributed by atoms with Crippen LogP contribution in [0.2, 0.25) is 0 Å². The number of benzene rings is 1. The van der Waals surface area contributed by atoms with E-state index >= 15 is 0 Å². The second kappa shape index (κ2) is 5.57. The molecule has 3 rings (SSSR count). The second-order valence-corrected chi connectivity index (χ2v) is 5.10. The van der Waals surface area contributed by atoms with Crippen molar-refractivity contribution in [3.63, 3.8) is 0 Å². The Labute approximate surface area is 122 Å². The summed E-state index contributed by atoms with van der Waals surface area (Å²) in [7, 11) is 0. The third-order valence-corrected chi connectivity index (χ3v) is 3.40. The van der Waals surface area contributed by atoms with Crippen LogP contribution in [-0.4, -0.2) is 34.1 Å². The van der Waals surface area contributed by atoms with E-state index in [1.54, 1.807) is 0 Å². The Morgan fingerprint density at radius 3 is 3.10 bits per heavy atom. The van der Waals surface area contributed by atoms with Gasteiger partial charge in [-0.1, -0.05) is 17.7 Å². The van der Waals surface area contributed by atoms with Gasteiger partial charge in [0.05, 0.1) is 6.54 Å². The number of oxazole rings is 1. The van der Waals surface area contributed by atoms with Crippen molar-refractivity contribution in [3.05, 3.63) is 47.2 Å². The summed E-state index contributed by atoms with van der Waals surface area (Å²) < 4.78 is 10.9. The number of hydrogen-bond acceptors (Lipinski definition) is 5. The summed E-state index contributed by atoms with van der Waals surface area (Å²) in [5.74, 6) is 0.232.